The zero-order chi connectivity index (χ0) is 23.6. The smallest absolute Gasteiger partial charge is 0.261 e. The quantitative estimate of drug-likeness (QED) is 0.652. The number of nitriles is 1. The maximum absolute atomic E-state index is 13.1. The fourth-order valence-electron chi connectivity index (χ4n) is 4.51. The van der Waals surface area contributed by atoms with Gasteiger partial charge in [-0.05, 0) is 42.5 Å². The highest BCUT2D eigenvalue weighted by Gasteiger charge is 2.36. The minimum atomic E-state index is -1.09. The molecule has 1 aliphatic rings. The van der Waals surface area contributed by atoms with E-state index in [4.69, 9.17) is 5.26 Å². The lowest BCUT2D eigenvalue weighted by molar-refractivity contribution is -0.140. The number of hydrogen-bond donors (Lipinski definition) is 1. The fraction of sp³-hybridized carbons (Fsp3) is 0.385. The Bertz CT molecular complexity index is 1250. The van der Waals surface area contributed by atoms with E-state index in [1.807, 2.05) is 48.2 Å². The van der Waals surface area contributed by atoms with Crippen LogP contribution in [0.4, 0.5) is 0 Å². The molecule has 33 heavy (non-hydrogen) atoms. The molecule has 1 fully saturated rings. The van der Waals surface area contributed by atoms with E-state index in [0.29, 0.717) is 42.4 Å². The predicted octanol–water partition coefficient (Wildman–Crippen LogP) is 3.06. The van der Waals surface area contributed by atoms with Crippen LogP contribution >= 0.6 is 0 Å². The third kappa shape index (κ3) is 4.67. The summed E-state index contributed by atoms with van der Waals surface area (Å²) in [6.45, 7) is 5.04. The molecular weight excluding hydrogens is 416 g/mol. The summed E-state index contributed by atoms with van der Waals surface area (Å²) in [7, 11) is 0. The van der Waals surface area contributed by atoms with Gasteiger partial charge in [0.05, 0.1) is 41.0 Å². The lowest BCUT2D eigenvalue weighted by Gasteiger charge is -2.39. The number of hydrogen-bond acceptors (Lipinski definition) is 5. The zero-order valence-electron chi connectivity index (χ0n) is 18.9. The molecule has 2 aromatic carbocycles. The number of amides is 1. The second kappa shape index (κ2) is 9.16. The van der Waals surface area contributed by atoms with Gasteiger partial charge in [0.2, 0.25) is 5.91 Å². The first-order chi connectivity index (χ1) is 15.8. The molecule has 2 heterocycles. The number of aliphatic hydroxyl groups is 1. The molecule has 0 aliphatic carbocycles. The number of carbonyl (C=O) groups is 1. The number of benzene rings is 2. The number of piperidine rings is 1. The van der Waals surface area contributed by atoms with Crippen LogP contribution in [0.1, 0.15) is 43.7 Å². The van der Waals surface area contributed by atoms with Gasteiger partial charge in [-0.2, -0.15) is 5.26 Å². The van der Waals surface area contributed by atoms with Gasteiger partial charge in [0.15, 0.2) is 0 Å². The molecule has 2 unspecified atom stereocenters. The van der Waals surface area contributed by atoms with Gasteiger partial charge in [-0.25, -0.2) is 4.98 Å². The molecule has 0 saturated carbocycles. The predicted molar refractivity (Wildman–Crippen MR) is 126 cm³/mol. The first kappa shape index (κ1) is 22.7. The monoisotopic (exact) mass is 444 g/mol. The van der Waals surface area contributed by atoms with E-state index in [-0.39, 0.29) is 29.8 Å². The van der Waals surface area contributed by atoms with Gasteiger partial charge in [0.1, 0.15) is 0 Å². The van der Waals surface area contributed by atoms with Crippen LogP contribution in [0.15, 0.2) is 59.7 Å². The number of nitrogens with zero attached hydrogens (tertiary/aromatic N) is 4. The second-order valence-corrected chi connectivity index (χ2v) is 9.06. The summed E-state index contributed by atoms with van der Waals surface area (Å²) in [5.74, 6) is 0.0266. The molecule has 1 aliphatic heterocycles. The Morgan fingerprint density at radius 1 is 1.18 bits per heavy atom. The summed E-state index contributed by atoms with van der Waals surface area (Å²) in [5, 5.41) is 20.6. The summed E-state index contributed by atoms with van der Waals surface area (Å²) in [4.78, 5) is 32.1. The van der Waals surface area contributed by atoms with Crippen LogP contribution in [0.25, 0.3) is 10.9 Å². The maximum Gasteiger partial charge on any atom is 0.261 e. The average Bonchev–Trinajstić information content (AvgIpc) is 2.85. The van der Waals surface area contributed by atoms with Crippen molar-refractivity contribution < 1.29 is 9.90 Å². The highest BCUT2D eigenvalue weighted by Crippen LogP contribution is 2.29. The van der Waals surface area contributed by atoms with Crippen LogP contribution in [0, 0.1) is 17.2 Å². The van der Waals surface area contributed by atoms with Gasteiger partial charge in [-0.15, -0.1) is 0 Å². The maximum atomic E-state index is 13.1. The molecule has 0 bridgehead atoms. The first-order valence-corrected chi connectivity index (χ1v) is 11.3. The van der Waals surface area contributed by atoms with Crippen molar-refractivity contribution in [3.8, 4) is 6.07 Å². The second-order valence-electron chi connectivity index (χ2n) is 9.06. The minimum Gasteiger partial charge on any atom is -0.388 e. The van der Waals surface area contributed by atoms with E-state index >= 15 is 0 Å². The van der Waals surface area contributed by atoms with Gasteiger partial charge >= 0.3 is 0 Å². The highest BCUT2D eigenvalue weighted by atomic mass is 16.3. The van der Waals surface area contributed by atoms with Crippen molar-refractivity contribution in [3.05, 3.63) is 76.3 Å². The van der Waals surface area contributed by atoms with Crippen LogP contribution in [-0.2, 0) is 11.3 Å². The Labute approximate surface area is 192 Å². The Morgan fingerprint density at radius 3 is 2.55 bits per heavy atom. The van der Waals surface area contributed by atoms with Crippen molar-refractivity contribution in [1.29, 1.82) is 5.26 Å². The molecule has 1 aromatic heterocycles. The van der Waals surface area contributed by atoms with Gasteiger partial charge in [0, 0.05) is 19.0 Å². The minimum absolute atomic E-state index is 0.0891. The fourth-order valence-corrected chi connectivity index (χ4v) is 4.51. The van der Waals surface area contributed by atoms with E-state index in [0.717, 1.165) is 5.56 Å². The third-order valence-corrected chi connectivity index (χ3v) is 6.89. The normalized spacial score (nSPS) is 17.3. The van der Waals surface area contributed by atoms with Gasteiger partial charge < -0.3 is 10.0 Å². The molecule has 1 N–H and O–H groups in total. The number of fused-ring (bicyclic) bond motifs is 1. The van der Waals surface area contributed by atoms with E-state index in [1.165, 1.54) is 10.9 Å². The van der Waals surface area contributed by atoms with Crippen molar-refractivity contribution >= 4 is 16.8 Å². The summed E-state index contributed by atoms with van der Waals surface area (Å²) in [6, 6.07) is 16.8. The average molecular weight is 445 g/mol. The van der Waals surface area contributed by atoms with Gasteiger partial charge in [-0.3, -0.25) is 14.2 Å². The third-order valence-electron chi connectivity index (χ3n) is 6.89. The number of rotatable bonds is 5. The van der Waals surface area contributed by atoms with E-state index in [2.05, 4.69) is 11.9 Å². The lowest BCUT2D eigenvalue weighted by atomic mass is 9.86. The number of likely N-dealkylation sites (tertiary alicyclic amines) is 1. The highest BCUT2D eigenvalue weighted by molar-refractivity contribution is 5.80. The summed E-state index contributed by atoms with van der Waals surface area (Å²) in [5.41, 5.74) is 0.707. The van der Waals surface area contributed by atoms with Crippen LogP contribution in [-0.4, -0.2) is 44.2 Å². The van der Waals surface area contributed by atoms with E-state index in [9.17, 15) is 14.7 Å². The van der Waals surface area contributed by atoms with Crippen molar-refractivity contribution in [3.63, 3.8) is 0 Å². The van der Waals surface area contributed by atoms with Crippen molar-refractivity contribution in [1.82, 2.24) is 14.5 Å². The zero-order valence-corrected chi connectivity index (χ0v) is 18.9. The standard InChI is InChI=1S/C26H28N4O3/c1-18(21-6-4-3-5-7-21)19(2)24(31)29-12-10-26(33,11-13-29)16-30-17-28-23-14-20(15-27)8-9-22(23)25(30)32/h3-9,14,17-19,33H,10-13,16H2,1-2H3. The van der Waals surface area contributed by atoms with Crippen LogP contribution in [0.3, 0.4) is 0 Å². The lowest BCUT2D eigenvalue weighted by Crippen LogP contribution is -2.51. The van der Waals surface area contributed by atoms with E-state index in [1.54, 1.807) is 18.2 Å². The Morgan fingerprint density at radius 2 is 1.88 bits per heavy atom. The molecule has 2 atom stereocenters. The Hall–Kier alpha value is -3.50. The SMILES string of the molecule is CC(C(=O)N1CCC(O)(Cn2cnc3cc(C#N)ccc3c2=O)CC1)C(C)c1ccccc1. The molecule has 7 nitrogen and oxygen atoms in total. The molecular formula is C26H28N4O3. The Kier molecular flexibility index (Phi) is 6.30. The molecule has 7 heteroatoms. The van der Waals surface area contributed by atoms with Crippen LogP contribution in [0.5, 0.6) is 0 Å². The molecule has 0 spiro atoms. The topological polar surface area (TPSA) is 99.2 Å². The molecule has 4 rings (SSSR count). The van der Waals surface area contributed by atoms with E-state index < -0.39 is 5.60 Å². The molecule has 3 aromatic rings. The van der Waals surface area contributed by atoms with Crippen LogP contribution in [0.2, 0.25) is 0 Å². The summed E-state index contributed by atoms with van der Waals surface area (Å²) in [6.07, 6.45) is 2.21. The summed E-state index contributed by atoms with van der Waals surface area (Å²) >= 11 is 0. The van der Waals surface area contributed by atoms with Gasteiger partial charge in [0.25, 0.3) is 5.56 Å². The first-order valence-electron chi connectivity index (χ1n) is 11.3. The van der Waals surface area contributed by atoms with Crippen LogP contribution < -0.4 is 5.56 Å². The molecule has 170 valence electrons. The molecule has 1 amide bonds. The molecule has 1 saturated heterocycles. The van der Waals surface area contributed by atoms with Gasteiger partial charge in [-0.1, -0.05) is 44.2 Å². The molecule has 0 radical (unpaired) electrons. The summed E-state index contributed by atoms with van der Waals surface area (Å²) < 4.78 is 1.42. The number of carbonyl (C=O) groups excluding carboxylic acids is 1. The number of aromatic nitrogens is 2. The Balaban J connectivity index is 1.42. The van der Waals surface area contributed by atoms with Crippen molar-refractivity contribution in [2.75, 3.05) is 13.1 Å². The van der Waals surface area contributed by atoms with Crippen molar-refractivity contribution in [2.45, 2.75) is 44.8 Å². The van der Waals surface area contributed by atoms with Crippen molar-refractivity contribution in [2.24, 2.45) is 5.92 Å². The largest absolute Gasteiger partial charge is 0.388 e.